The van der Waals surface area contributed by atoms with Crippen molar-refractivity contribution in [2.45, 2.75) is 25.7 Å². The third kappa shape index (κ3) is 4.61. The molecule has 0 saturated carbocycles. The van der Waals surface area contributed by atoms with E-state index in [1.165, 1.54) is 0 Å². The highest BCUT2D eigenvalue weighted by molar-refractivity contribution is 5.67. The molecular formula is C16H19NO5. The fraction of sp³-hybridized carbons (Fsp3) is 0.312. The van der Waals surface area contributed by atoms with E-state index in [1.54, 1.807) is 19.1 Å². The van der Waals surface area contributed by atoms with Gasteiger partial charge in [0.1, 0.15) is 30.3 Å². The normalized spacial score (nSPS) is 13.4. The molecule has 2 unspecified atom stereocenters. The van der Waals surface area contributed by atoms with Crippen molar-refractivity contribution in [3.8, 4) is 0 Å². The van der Waals surface area contributed by atoms with Gasteiger partial charge in [0.15, 0.2) is 0 Å². The SMILES string of the molecule is Cc1ccc(C(O)C(O)CNC(=O)OCc2ccccc2)o1. The summed E-state index contributed by atoms with van der Waals surface area (Å²) in [6, 6.07) is 12.5. The van der Waals surface area contributed by atoms with Crippen LogP contribution in [0.1, 0.15) is 23.2 Å². The summed E-state index contributed by atoms with van der Waals surface area (Å²) in [5, 5.41) is 22.1. The molecule has 6 heteroatoms. The van der Waals surface area contributed by atoms with Gasteiger partial charge in [-0.15, -0.1) is 0 Å². The number of benzene rings is 1. The van der Waals surface area contributed by atoms with E-state index < -0.39 is 18.3 Å². The van der Waals surface area contributed by atoms with Crippen LogP contribution in [-0.2, 0) is 11.3 Å². The molecule has 0 saturated heterocycles. The van der Waals surface area contributed by atoms with E-state index in [-0.39, 0.29) is 18.9 Å². The van der Waals surface area contributed by atoms with Crippen molar-refractivity contribution in [1.29, 1.82) is 0 Å². The van der Waals surface area contributed by atoms with Crippen LogP contribution in [0.15, 0.2) is 46.9 Å². The van der Waals surface area contributed by atoms with E-state index in [0.717, 1.165) is 5.56 Å². The Hall–Kier alpha value is -2.31. The van der Waals surface area contributed by atoms with Crippen LogP contribution in [0.3, 0.4) is 0 Å². The maximum atomic E-state index is 11.5. The number of rotatable bonds is 6. The van der Waals surface area contributed by atoms with Gasteiger partial charge in [-0.1, -0.05) is 30.3 Å². The van der Waals surface area contributed by atoms with Gasteiger partial charge in [-0.25, -0.2) is 4.79 Å². The van der Waals surface area contributed by atoms with Crippen LogP contribution in [0.5, 0.6) is 0 Å². The number of hydrogen-bond acceptors (Lipinski definition) is 5. The molecule has 0 aliphatic rings. The number of hydrogen-bond donors (Lipinski definition) is 3. The number of aliphatic hydroxyl groups is 2. The Balaban J connectivity index is 1.73. The predicted molar refractivity (Wildman–Crippen MR) is 79.0 cm³/mol. The van der Waals surface area contributed by atoms with Crippen LogP contribution < -0.4 is 5.32 Å². The molecule has 6 nitrogen and oxygen atoms in total. The summed E-state index contributed by atoms with van der Waals surface area (Å²) >= 11 is 0. The topological polar surface area (TPSA) is 91.9 Å². The Morgan fingerprint density at radius 1 is 1.23 bits per heavy atom. The van der Waals surface area contributed by atoms with Gasteiger partial charge in [-0.05, 0) is 24.6 Å². The lowest BCUT2D eigenvalue weighted by Crippen LogP contribution is -2.35. The van der Waals surface area contributed by atoms with Crippen molar-refractivity contribution < 1.29 is 24.2 Å². The summed E-state index contributed by atoms with van der Waals surface area (Å²) in [4.78, 5) is 11.5. The van der Waals surface area contributed by atoms with Crippen LogP contribution in [0.25, 0.3) is 0 Å². The van der Waals surface area contributed by atoms with Crippen molar-refractivity contribution in [2.75, 3.05) is 6.54 Å². The monoisotopic (exact) mass is 305 g/mol. The molecule has 2 atom stereocenters. The fourth-order valence-corrected chi connectivity index (χ4v) is 1.88. The summed E-state index contributed by atoms with van der Waals surface area (Å²) in [6.07, 6.45) is -3.05. The molecule has 1 heterocycles. The molecule has 22 heavy (non-hydrogen) atoms. The summed E-state index contributed by atoms with van der Waals surface area (Å²) in [7, 11) is 0. The first kappa shape index (κ1) is 16.1. The highest BCUT2D eigenvalue weighted by Crippen LogP contribution is 2.19. The second-order valence-electron chi connectivity index (χ2n) is 4.90. The van der Waals surface area contributed by atoms with Crippen LogP contribution in [0.2, 0.25) is 0 Å². The largest absolute Gasteiger partial charge is 0.464 e. The molecule has 2 rings (SSSR count). The molecule has 118 valence electrons. The number of amides is 1. The first-order valence-corrected chi connectivity index (χ1v) is 6.93. The highest BCUT2D eigenvalue weighted by Gasteiger charge is 2.22. The van der Waals surface area contributed by atoms with Gasteiger partial charge in [-0.3, -0.25) is 0 Å². The van der Waals surface area contributed by atoms with Crippen LogP contribution in [0, 0.1) is 6.92 Å². The van der Waals surface area contributed by atoms with Gasteiger partial charge in [0.05, 0.1) is 0 Å². The average Bonchev–Trinajstić information content (AvgIpc) is 2.97. The zero-order chi connectivity index (χ0) is 15.9. The van der Waals surface area contributed by atoms with E-state index >= 15 is 0 Å². The average molecular weight is 305 g/mol. The van der Waals surface area contributed by atoms with Crippen LogP contribution in [0.4, 0.5) is 4.79 Å². The van der Waals surface area contributed by atoms with E-state index in [2.05, 4.69) is 5.32 Å². The lowest BCUT2D eigenvalue weighted by atomic mass is 10.1. The first-order valence-electron chi connectivity index (χ1n) is 6.93. The smallest absolute Gasteiger partial charge is 0.407 e. The second-order valence-corrected chi connectivity index (χ2v) is 4.90. The van der Waals surface area contributed by atoms with Gasteiger partial charge in [0, 0.05) is 6.54 Å². The summed E-state index contributed by atoms with van der Waals surface area (Å²) < 4.78 is 10.2. The number of ether oxygens (including phenoxy) is 1. The first-order chi connectivity index (χ1) is 10.6. The van der Waals surface area contributed by atoms with E-state index in [0.29, 0.717) is 5.76 Å². The standard InChI is InChI=1S/C16H19NO5/c1-11-7-8-14(22-11)15(19)13(18)9-17-16(20)21-10-12-5-3-2-4-6-12/h2-8,13,15,18-19H,9-10H2,1H3,(H,17,20). The minimum absolute atomic E-state index is 0.142. The maximum absolute atomic E-state index is 11.5. The number of carbonyl (C=O) groups is 1. The van der Waals surface area contributed by atoms with Gasteiger partial charge in [0.2, 0.25) is 0 Å². The molecule has 0 aliphatic carbocycles. The molecule has 0 fully saturated rings. The van der Waals surface area contributed by atoms with Crippen molar-refractivity contribution in [3.63, 3.8) is 0 Å². The Morgan fingerprint density at radius 3 is 2.59 bits per heavy atom. The maximum Gasteiger partial charge on any atom is 0.407 e. The Kier molecular flexibility index (Phi) is 5.57. The van der Waals surface area contributed by atoms with Crippen molar-refractivity contribution in [2.24, 2.45) is 0 Å². The molecular weight excluding hydrogens is 286 g/mol. The number of alkyl carbamates (subject to hydrolysis) is 1. The molecule has 1 aromatic carbocycles. The number of aryl methyl sites for hydroxylation is 1. The minimum Gasteiger partial charge on any atom is -0.464 e. The zero-order valence-electron chi connectivity index (χ0n) is 12.2. The minimum atomic E-state index is -1.21. The summed E-state index contributed by atoms with van der Waals surface area (Å²) in [6.45, 7) is 1.74. The summed E-state index contributed by atoms with van der Waals surface area (Å²) in [5.41, 5.74) is 0.865. The lowest BCUT2D eigenvalue weighted by Gasteiger charge is -2.16. The Labute approximate surface area is 128 Å². The number of carbonyl (C=O) groups excluding carboxylic acids is 1. The van der Waals surface area contributed by atoms with Crippen molar-refractivity contribution >= 4 is 6.09 Å². The molecule has 1 aromatic heterocycles. The van der Waals surface area contributed by atoms with Gasteiger partial charge >= 0.3 is 6.09 Å². The predicted octanol–water partition coefficient (Wildman–Crippen LogP) is 1.91. The number of furan rings is 1. The molecule has 1 amide bonds. The van der Waals surface area contributed by atoms with Crippen LogP contribution >= 0.6 is 0 Å². The lowest BCUT2D eigenvalue weighted by molar-refractivity contribution is 0.00557. The highest BCUT2D eigenvalue weighted by atomic mass is 16.5. The second kappa shape index (κ2) is 7.63. The number of aliphatic hydroxyl groups excluding tert-OH is 2. The third-order valence-electron chi connectivity index (χ3n) is 3.09. The zero-order valence-corrected chi connectivity index (χ0v) is 12.2. The van der Waals surface area contributed by atoms with Crippen molar-refractivity contribution in [3.05, 3.63) is 59.5 Å². The van der Waals surface area contributed by atoms with E-state index in [9.17, 15) is 15.0 Å². The van der Waals surface area contributed by atoms with Crippen LogP contribution in [-0.4, -0.2) is 29.0 Å². The third-order valence-corrected chi connectivity index (χ3v) is 3.09. The molecule has 2 aromatic rings. The van der Waals surface area contributed by atoms with Gasteiger partial charge in [-0.2, -0.15) is 0 Å². The summed E-state index contributed by atoms with van der Waals surface area (Å²) in [5.74, 6) is 0.890. The van der Waals surface area contributed by atoms with E-state index in [4.69, 9.17) is 9.15 Å². The Morgan fingerprint density at radius 2 is 1.95 bits per heavy atom. The molecule has 0 bridgehead atoms. The van der Waals surface area contributed by atoms with Gasteiger partial charge in [0.25, 0.3) is 0 Å². The van der Waals surface area contributed by atoms with Crippen molar-refractivity contribution in [1.82, 2.24) is 5.32 Å². The fourth-order valence-electron chi connectivity index (χ4n) is 1.88. The molecule has 3 N–H and O–H groups in total. The molecule has 0 radical (unpaired) electrons. The molecule has 0 spiro atoms. The Bertz CT molecular complexity index is 596. The number of nitrogens with one attached hydrogen (secondary N) is 1. The quantitative estimate of drug-likeness (QED) is 0.758. The van der Waals surface area contributed by atoms with Gasteiger partial charge < -0.3 is 24.7 Å². The van der Waals surface area contributed by atoms with E-state index in [1.807, 2.05) is 30.3 Å². The molecule has 0 aliphatic heterocycles.